The van der Waals surface area contributed by atoms with E-state index >= 15 is 0 Å². The Morgan fingerprint density at radius 1 is 0.778 bits per heavy atom. The van der Waals surface area contributed by atoms with E-state index in [1.54, 1.807) is 55.6 Å². The molecule has 134 valence electrons. The van der Waals surface area contributed by atoms with E-state index in [9.17, 15) is 9.59 Å². The lowest BCUT2D eigenvalue weighted by Crippen LogP contribution is -2.45. The molecule has 0 bridgehead atoms. The van der Waals surface area contributed by atoms with Crippen LogP contribution in [0.4, 0.5) is 10.5 Å². The van der Waals surface area contributed by atoms with Crippen molar-refractivity contribution in [2.75, 3.05) is 12.0 Å². The van der Waals surface area contributed by atoms with E-state index in [-0.39, 0.29) is 5.91 Å². The summed E-state index contributed by atoms with van der Waals surface area (Å²) in [7, 11) is 1.58. The van der Waals surface area contributed by atoms with Gasteiger partial charge in [-0.15, -0.1) is 0 Å². The van der Waals surface area contributed by atoms with Crippen molar-refractivity contribution in [3.63, 3.8) is 0 Å². The second-order valence-corrected chi connectivity index (χ2v) is 6.25. The molecule has 1 saturated heterocycles. The number of anilines is 1. The zero-order valence-electron chi connectivity index (χ0n) is 14.8. The second-order valence-electron chi connectivity index (χ2n) is 6.25. The first-order chi connectivity index (χ1) is 13.2. The Kier molecular flexibility index (Phi) is 4.12. The Bertz CT molecular complexity index is 971. The van der Waals surface area contributed by atoms with Gasteiger partial charge in [-0.25, -0.2) is 9.69 Å². The zero-order chi connectivity index (χ0) is 18.9. The number of hydrogen-bond donors (Lipinski definition) is 1. The molecule has 3 aromatic rings. The Morgan fingerprint density at radius 3 is 1.93 bits per heavy atom. The fourth-order valence-corrected chi connectivity index (χ4v) is 3.43. The number of hydrogen-bond acceptors (Lipinski definition) is 3. The van der Waals surface area contributed by atoms with E-state index in [0.717, 1.165) is 0 Å². The molecule has 0 aromatic heterocycles. The minimum atomic E-state index is -1.29. The minimum absolute atomic E-state index is 0.338. The van der Waals surface area contributed by atoms with E-state index in [0.29, 0.717) is 22.6 Å². The van der Waals surface area contributed by atoms with Crippen molar-refractivity contribution in [1.29, 1.82) is 0 Å². The number of amides is 3. The number of carbonyl (C=O) groups is 2. The molecule has 1 aliphatic rings. The highest BCUT2D eigenvalue weighted by Gasteiger charge is 2.54. The molecule has 1 heterocycles. The number of methoxy groups -OCH3 is 1. The van der Waals surface area contributed by atoms with Crippen molar-refractivity contribution >= 4 is 17.6 Å². The second kappa shape index (κ2) is 6.61. The molecule has 27 heavy (non-hydrogen) atoms. The molecule has 3 amide bonds. The molecule has 0 spiro atoms. The maximum Gasteiger partial charge on any atom is 0.330 e. The van der Waals surface area contributed by atoms with Gasteiger partial charge in [-0.1, -0.05) is 60.7 Å². The highest BCUT2D eigenvalue weighted by atomic mass is 16.5. The summed E-state index contributed by atoms with van der Waals surface area (Å²) < 4.78 is 5.23. The lowest BCUT2D eigenvalue weighted by atomic mass is 9.82. The third-order valence-electron chi connectivity index (χ3n) is 4.77. The summed E-state index contributed by atoms with van der Waals surface area (Å²) in [6, 6.07) is 24.9. The molecule has 3 aromatic carbocycles. The summed E-state index contributed by atoms with van der Waals surface area (Å²) >= 11 is 0. The Morgan fingerprint density at radius 2 is 1.33 bits per heavy atom. The average molecular weight is 358 g/mol. The number of rotatable bonds is 4. The molecule has 1 N–H and O–H groups in total. The van der Waals surface area contributed by atoms with Crippen LogP contribution in [0.15, 0.2) is 84.9 Å². The first kappa shape index (κ1) is 16.8. The van der Waals surface area contributed by atoms with Gasteiger partial charge in [0, 0.05) is 0 Å². The van der Waals surface area contributed by atoms with Crippen LogP contribution in [0.25, 0.3) is 0 Å². The number of nitrogens with zero attached hydrogens (tertiary/aromatic N) is 1. The molecule has 1 fully saturated rings. The van der Waals surface area contributed by atoms with Crippen LogP contribution in [0.3, 0.4) is 0 Å². The highest BCUT2D eigenvalue weighted by molar-refractivity contribution is 6.24. The molecule has 0 aliphatic carbocycles. The Hall–Kier alpha value is -3.60. The molecule has 0 saturated carbocycles. The van der Waals surface area contributed by atoms with E-state index in [1.165, 1.54) is 4.90 Å². The van der Waals surface area contributed by atoms with Crippen LogP contribution in [0.5, 0.6) is 5.75 Å². The molecule has 5 heteroatoms. The van der Waals surface area contributed by atoms with Gasteiger partial charge in [0.2, 0.25) is 0 Å². The molecule has 4 rings (SSSR count). The summed E-state index contributed by atoms with van der Waals surface area (Å²) in [5.41, 5.74) is 0.616. The predicted molar refractivity (Wildman–Crippen MR) is 103 cm³/mol. The standard InChI is InChI=1S/C22H18N2O3/c1-27-19-14-12-17(13-15-19)22(16-8-4-2-5-9-16)20(25)24(21(26)23-22)18-10-6-3-7-11-18/h2-15H,1H3,(H,23,26)/t22-/m1/s1. The van der Waals surface area contributed by atoms with Crippen LogP contribution in [0.1, 0.15) is 11.1 Å². The Labute approximate surface area is 157 Å². The van der Waals surface area contributed by atoms with Crippen LogP contribution < -0.4 is 15.0 Å². The maximum absolute atomic E-state index is 13.6. The van der Waals surface area contributed by atoms with Crippen molar-refractivity contribution in [2.24, 2.45) is 0 Å². The first-order valence-electron chi connectivity index (χ1n) is 8.58. The van der Waals surface area contributed by atoms with Gasteiger partial charge in [0.05, 0.1) is 12.8 Å². The van der Waals surface area contributed by atoms with E-state index in [2.05, 4.69) is 5.32 Å². The van der Waals surface area contributed by atoms with E-state index in [4.69, 9.17) is 4.74 Å². The number of imide groups is 1. The van der Waals surface area contributed by atoms with E-state index < -0.39 is 11.6 Å². The molecule has 0 radical (unpaired) electrons. The van der Waals surface area contributed by atoms with E-state index in [1.807, 2.05) is 36.4 Å². The molecule has 0 unspecified atom stereocenters. The topological polar surface area (TPSA) is 58.6 Å². The number of ether oxygens (including phenoxy) is 1. The molecule has 5 nitrogen and oxygen atoms in total. The van der Waals surface area contributed by atoms with Gasteiger partial charge in [-0.2, -0.15) is 0 Å². The highest BCUT2D eigenvalue weighted by Crippen LogP contribution is 2.38. The fourth-order valence-electron chi connectivity index (χ4n) is 3.43. The van der Waals surface area contributed by atoms with Gasteiger partial charge < -0.3 is 10.1 Å². The first-order valence-corrected chi connectivity index (χ1v) is 8.58. The Balaban J connectivity index is 1.89. The van der Waals surface area contributed by atoms with Crippen molar-refractivity contribution < 1.29 is 14.3 Å². The predicted octanol–water partition coefficient (Wildman–Crippen LogP) is 3.70. The minimum Gasteiger partial charge on any atom is -0.497 e. The largest absolute Gasteiger partial charge is 0.497 e. The van der Waals surface area contributed by atoms with Gasteiger partial charge in [-0.3, -0.25) is 4.79 Å². The molecule has 1 aliphatic heterocycles. The van der Waals surface area contributed by atoms with Gasteiger partial charge in [0.1, 0.15) is 5.75 Å². The van der Waals surface area contributed by atoms with Gasteiger partial charge in [-0.05, 0) is 35.4 Å². The van der Waals surface area contributed by atoms with Crippen LogP contribution in [0, 0.1) is 0 Å². The SMILES string of the molecule is COc1ccc([C@@]2(c3ccccc3)NC(=O)N(c3ccccc3)C2=O)cc1. The normalized spacial score (nSPS) is 19.1. The van der Waals surface area contributed by atoms with Crippen LogP contribution in [0.2, 0.25) is 0 Å². The summed E-state index contributed by atoms with van der Waals surface area (Å²) in [5.74, 6) is 0.341. The molecule has 1 atom stereocenters. The molecular weight excluding hydrogens is 340 g/mol. The van der Waals surface area contributed by atoms with Crippen LogP contribution in [-0.4, -0.2) is 19.0 Å². The summed E-state index contributed by atoms with van der Waals surface area (Å²) in [6.45, 7) is 0. The number of benzene rings is 3. The average Bonchev–Trinajstić information content (AvgIpc) is 3.00. The van der Waals surface area contributed by atoms with Crippen molar-refractivity contribution in [3.05, 3.63) is 96.1 Å². The lowest BCUT2D eigenvalue weighted by molar-refractivity contribution is -0.121. The van der Waals surface area contributed by atoms with Crippen molar-refractivity contribution in [1.82, 2.24) is 5.32 Å². The maximum atomic E-state index is 13.6. The van der Waals surface area contributed by atoms with Gasteiger partial charge in [0.15, 0.2) is 5.54 Å². The number of urea groups is 1. The third kappa shape index (κ3) is 2.64. The van der Waals surface area contributed by atoms with Crippen LogP contribution >= 0.6 is 0 Å². The zero-order valence-corrected chi connectivity index (χ0v) is 14.8. The number of nitrogens with one attached hydrogen (secondary N) is 1. The quantitative estimate of drug-likeness (QED) is 0.724. The van der Waals surface area contributed by atoms with Crippen molar-refractivity contribution in [3.8, 4) is 5.75 Å². The summed E-state index contributed by atoms with van der Waals surface area (Å²) in [4.78, 5) is 27.6. The third-order valence-corrected chi connectivity index (χ3v) is 4.77. The fraction of sp³-hybridized carbons (Fsp3) is 0.0909. The lowest BCUT2D eigenvalue weighted by Gasteiger charge is -2.28. The number of carbonyl (C=O) groups excluding carboxylic acids is 2. The number of para-hydroxylation sites is 1. The smallest absolute Gasteiger partial charge is 0.330 e. The summed E-state index contributed by atoms with van der Waals surface area (Å²) in [5, 5.41) is 2.93. The summed E-state index contributed by atoms with van der Waals surface area (Å²) in [6.07, 6.45) is 0. The van der Waals surface area contributed by atoms with Gasteiger partial charge >= 0.3 is 6.03 Å². The molecular formula is C22H18N2O3. The van der Waals surface area contributed by atoms with Crippen LogP contribution in [-0.2, 0) is 10.3 Å². The van der Waals surface area contributed by atoms with Gasteiger partial charge in [0.25, 0.3) is 5.91 Å². The van der Waals surface area contributed by atoms with Crippen molar-refractivity contribution in [2.45, 2.75) is 5.54 Å². The monoisotopic (exact) mass is 358 g/mol.